The van der Waals surface area contributed by atoms with Crippen LogP contribution in [0.15, 0.2) is 61.2 Å². The maximum Gasteiger partial charge on any atom is -0.0263 e. The van der Waals surface area contributed by atoms with Crippen molar-refractivity contribution in [3.05, 3.63) is 66.8 Å². The van der Waals surface area contributed by atoms with Crippen molar-refractivity contribution in [2.24, 2.45) is 0 Å². The zero-order valence-corrected chi connectivity index (χ0v) is 9.03. The molecule has 0 bridgehead atoms. The van der Waals surface area contributed by atoms with Crippen LogP contribution in [0.5, 0.6) is 0 Å². The molecule has 0 atom stereocenters. The summed E-state index contributed by atoms with van der Waals surface area (Å²) in [7, 11) is 0. The molecule has 0 saturated carbocycles. The summed E-state index contributed by atoms with van der Waals surface area (Å²) in [6, 6.07) is 10.0. The third kappa shape index (κ3) is 8.76. The molecule has 0 aliphatic carbocycles. The van der Waals surface area contributed by atoms with Crippen LogP contribution in [0.3, 0.4) is 0 Å². The highest BCUT2D eigenvalue weighted by molar-refractivity contribution is 5.45. The molecule has 0 aromatic heterocycles. The van der Waals surface area contributed by atoms with Crippen molar-refractivity contribution in [3.8, 4) is 0 Å². The Morgan fingerprint density at radius 2 is 1.67 bits per heavy atom. The highest BCUT2D eigenvalue weighted by Gasteiger charge is 1.75. The smallest absolute Gasteiger partial charge is 0.0263 e. The number of rotatable bonds is 2. The van der Waals surface area contributed by atoms with Crippen LogP contribution in [0, 0.1) is 0 Å². The lowest BCUT2D eigenvalue weighted by atomic mass is 10.2. The summed E-state index contributed by atoms with van der Waals surface area (Å²) in [4.78, 5) is 0. The highest BCUT2D eigenvalue weighted by atomic mass is 13.8. The van der Waals surface area contributed by atoms with E-state index in [0.717, 1.165) is 0 Å². The van der Waals surface area contributed by atoms with Gasteiger partial charge in [-0.05, 0) is 19.4 Å². The molecule has 0 nitrogen and oxygen atoms in total. The van der Waals surface area contributed by atoms with Gasteiger partial charge < -0.3 is 0 Å². The van der Waals surface area contributed by atoms with Crippen molar-refractivity contribution in [1.29, 1.82) is 0 Å². The normalized spacial score (nSPS) is 9.07. The average molecular weight is 202 g/mol. The molecule has 1 aromatic rings. The molecule has 1 rings (SSSR count). The number of allylic oxidation sites excluding steroid dienone is 3. The molecule has 0 heteroatoms. The van der Waals surface area contributed by atoms with Gasteiger partial charge in [-0.1, -0.05) is 74.7 Å². The Bertz CT molecular complexity index is 291. The molecule has 1 aromatic carbocycles. The van der Waals surface area contributed by atoms with Crippen LogP contribution < -0.4 is 0 Å². The van der Waals surface area contributed by atoms with E-state index in [4.69, 9.17) is 0 Å². The van der Waals surface area contributed by atoms with Gasteiger partial charge in [0, 0.05) is 0 Å². The van der Waals surface area contributed by atoms with Crippen molar-refractivity contribution in [2.75, 3.05) is 0 Å². The van der Waals surface area contributed by atoms with E-state index in [2.05, 4.69) is 13.2 Å². The molecule has 0 radical (unpaired) electrons. The fourth-order valence-electron chi connectivity index (χ4n) is 0.707. The topological polar surface area (TPSA) is 0 Å². The van der Waals surface area contributed by atoms with Gasteiger partial charge in [0.25, 0.3) is 0 Å². The second-order valence-corrected chi connectivity index (χ2v) is 2.85. The zero-order chi connectivity index (χ0) is 10.8. The largest absolute Gasteiger partial charge is 0.0988 e. The second kappa shape index (κ2) is 10.5. The molecule has 0 N–H and O–H groups in total. The zero-order valence-electron chi connectivity index (χ0n) is 9.03. The van der Waals surface area contributed by atoms with Crippen molar-refractivity contribution in [3.63, 3.8) is 0 Å². The van der Waals surface area contributed by atoms with Crippen molar-refractivity contribution in [1.82, 2.24) is 0 Å². The molecule has 15 heavy (non-hydrogen) atoms. The molecule has 0 aliphatic rings. The molecular formula is C15H22. The van der Waals surface area contributed by atoms with E-state index in [1.165, 1.54) is 11.1 Å². The molecule has 82 valence electrons. The van der Waals surface area contributed by atoms with E-state index in [1.54, 1.807) is 0 Å². The summed E-state index contributed by atoms with van der Waals surface area (Å²) in [5.41, 5.74) is 2.41. The lowest BCUT2D eigenvalue weighted by Gasteiger charge is -1.85. The van der Waals surface area contributed by atoms with Gasteiger partial charge in [0.05, 0.1) is 0 Å². The third-order valence-electron chi connectivity index (χ3n) is 1.81. The summed E-state index contributed by atoms with van der Waals surface area (Å²) in [6.07, 6.45) is 5.69. The summed E-state index contributed by atoms with van der Waals surface area (Å²) < 4.78 is 0. The van der Waals surface area contributed by atoms with Gasteiger partial charge >= 0.3 is 0 Å². The van der Waals surface area contributed by atoms with Gasteiger partial charge in [-0.3, -0.25) is 0 Å². The van der Waals surface area contributed by atoms with Gasteiger partial charge in [-0.2, -0.15) is 0 Å². The maximum absolute atomic E-state index is 3.63. The van der Waals surface area contributed by atoms with Gasteiger partial charge in [0.1, 0.15) is 0 Å². The van der Waals surface area contributed by atoms with Gasteiger partial charge in [-0.25, -0.2) is 0 Å². The minimum atomic E-state index is 0. The van der Waals surface area contributed by atoms with Crippen molar-refractivity contribution >= 4 is 6.08 Å². The van der Waals surface area contributed by atoms with Crippen LogP contribution in [0.4, 0.5) is 0 Å². The first-order valence-electron chi connectivity index (χ1n) is 4.67. The summed E-state index contributed by atoms with van der Waals surface area (Å²) in [5, 5.41) is 0. The summed E-state index contributed by atoms with van der Waals surface area (Å²) in [5.74, 6) is 0. The Hall–Kier alpha value is -1.56. The highest BCUT2D eigenvalue weighted by Crippen LogP contribution is 1.97. The van der Waals surface area contributed by atoms with Crippen LogP contribution in [0.25, 0.3) is 6.08 Å². The first kappa shape index (κ1) is 15.9. The summed E-state index contributed by atoms with van der Waals surface area (Å²) in [6.45, 7) is 11.2. The van der Waals surface area contributed by atoms with E-state index in [1.807, 2.05) is 62.4 Å². The fraction of sp³-hybridized carbons (Fsp3) is 0.200. The van der Waals surface area contributed by atoms with Crippen LogP contribution in [0.1, 0.15) is 26.8 Å². The Balaban J connectivity index is 0. The van der Waals surface area contributed by atoms with Crippen LogP contribution in [-0.2, 0) is 0 Å². The Morgan fingerprint density at radius 3 is 1.87 bits per heavy atom. The van der Waals surface area contributed by atoms with E-state index in [0.29, 0.717) is 0 Å². The minimum absolute atomic E-state index is 0. The average Bonchev–Trinajstić information content (AvgIpc) is 2.30. The standard InChI is InChI=1S/C8H8.C6H10.CH4/c1-2-8-6-4-3-5-7-8;1-4-6(3)5-2;/h2-7H,1H2;4-5H,1H2,2-3H3;1H4/b;6-5+;. The predicted octanol–water partition coefficient (Wildman–Crippen LogP) is 5.10. The van der Waals surface area contributed by atoms with E-state index in [-0.39, 0.29) is 7.43 Å². The van der Waals surface area contributed by atoms with E-state index >= 15 is 0 Å². The number of hydrogen-bond acceptors (Lipinski definition) is 0. The Morgan fingerprint density at radius 1 is 1.13 bits per heavy atom. The quantitative estimate of drug-likeness (QED) is 0.585. The molecule has 0 saturated heterocycles. The lowest BCUT2D eigenvalue weighted by molar-refractivity contribution is 1.49. The van der Waals surface area contributed by atoms with Crippen LogP contribution in [0.2, 0.25) is 0 Å². The molecule has 0 spiro atoms. The molecular weight excluding hydrogens is 180 g/mol. The van der Waals surface area contributed by atoms with Crippen molar-refractivity contribution in [2.45, 2.75) is 21.3 Å². The Labute approximate surface area is 94.7 Å². The SMILES string of the molecule is C.C=C/C(C)=C/C.C=Cc1ccccc1. The molecule has 0 amide bonds. The second-order valence-electron chi connectivity index (χ2n) is 2.85. The monoisotopic (exact) mass is 202 g/mol. The maximum atomic E-state index is 3.63. The fourth-order valence-corrected chi connectivity index (χ4v) is 0.707. The van der Waals surface area contributed by atoms with Crippen molar-refractivity contribution < 1.29 is 0 Å². The summed E-state index contributed by atoms with van der Waals surface area (Å²) >= 11 is 0. The predicted molar refractivity (Wildman–Crippen MR) is 72.9 cm³/mol. The van der Waals surface area contributed by atoms with E-state index < -0.39 is 0 Å². The first-order chi connectivity index (χ1) is 6.74. The minimum Gasteiger partial charge on any atom is -0.0988 e. The Kier molecular flexibility index (Phi) is 11.1. The molecule has 0 heterocycles. The third-order valence-corrected chi connectivity index (χ3v) is 1.81. The number of hydrogen-bond donors (Lipinski definition) is 0. The van der Waals surface area contributed by atoms with Gasteiger partial charge in [0.15, 0.2) is 0 Å². The van der Waals surface area contributed by atoms with E-state index in [9.17, 15) is 0 Å². The van der Waals surface area contributed by atoms with Gasteiger partial charge in [-0.15, -0.1) is 0 Å². The molecule has 0 aliphatic heterocycles. The first-order valence-corrected chi connectivity index (χ1v) is 4.67. The lowest BCUT2D eigenvalue weighted by Crippen LogP contribution is -1.63. The molecule has 0 unspecified atom stereocenters. The van der Waals surface area contributed by atoms with Crippen LogP contribution in [-0.4, -0.2) is 0 Å². The molecule has 0 fully saturated rings. The van der Waals surface area contributed by atoms with Crippen LogP contribution >= 0.6 is 0 Å². The van der Waals surface area contributed by atoms with Gasteiger partial charge in [0.2, 0.25) is 0 Å². The number of benzene rings is 1.